The highest BCUT2D eigenvalue weighted by molar-refractivity contribution is 8.18. The molecule has 0 aromatic carbocycles. The van der Waals surface area contributed by atoms with Crippen molar-refractivity contribution >= 4 is 31.8 Å². The Morgan fingerprint density at radius 3 is 2.19 bits per heavy atom. The highest BCUT2D eigenvalue weighted by Gasteiger charge is 2.56. The van der Waals surface area contributed by atoms with Gasteiger partial charge in [-0.2, -0.15) is 0 Å². The summed E-state index contributed by atoms with van der Waals surface area (Å²) >= 11 is 4.01. The summed E-state index contributed by atoms with van der Waals surface area (Å²) in [5, 5.41) is 11.2. The van der Waals surface area contributed by atoms with Gasteiger partial charge in [-0.05, 0) is 62.7 Å². The lowest BCUT2D eigenvalue weighted by Gasteiger charge is -2.43. The van der Waals surface area contributed by atoms with Gasteiger partial charge in [0.05, 0.1) is 16.3 Å². The zero-order valence-corrected chi connectivity index (χ0v) is 20.0. The fourth-order valence-corrected chi connectivity index (χ4v) is 8.67. The smallest absolute Gasteiger partial charge is 0.192 e. The van der Waals surface area contributed by atoms with E-state index < -0.39 is 20.2 Å². The fraction of sp³-hybridized carbons (Fsp3) is 1.00. The standard InChI is InChI=1S/C19H36O4S2Si/c1-17(2,3)26(6,7)23-14-12-19(24-9-8-10-25-19)11-13(20)15-16(14)22-18(4,5)21-15/h13-16,20H,8-12H2,1-7H3/t13-,14-,15+,16+/m0/s1. The maximum atomic E-state index is 11.0. The van der Waals surface area contributed by atoms with Crippen molar-refractivity contribution in [1.82, 2.24) is 0 Å². The summed E-state index contributed by atoms with van der Waals surface area (Å²) in [6.45, 7) is 15.3. The summed E-state index contributed by atoms with van der Waals surface area (Å²) in [5.74, 6) is 1.66. The van der Waals surface area contributed by atoms with Crippen LogP contribution in [-0.4, -0.2) is 59.2 Å². The molecule has 1 saturated carbocycles. The van der Waals surface area contributed by atoms with Crippen molar-refractivity contribution in [2.24, 2.45) is 0 Å². The van der Waals surface area contributed by atoms with Crippen LogP contribution in [0.25, 0.3) is 0 Å². The maximum absolute atomic E-state index is 11.0. The highest BCUT2D eigenvalue weighted by Crippen LogP contribution is 2.54. The van der Waals surface area contributed by atoms with E-state index in [2.05, 4.69) is 33.9 Å². The lowest BCUT2D eigenvalue weighted by Crippen LogP contribution is -2.50. The number of aliphatic hydroxyl groups is 1. The van der Waals surface area contributed by atoms with E-state index in [1.165, 1.54) is 6.42 Å². The molecule has 152 valence electrons. The SMILES string of the molecule is CC1(C)O[C@H]2[C@H](O1)[C@@H](O)CC1(C[C@@H]2O[Si](C)(C)C(C)(C)C)SCCCS1. The molecule has 1 spiro atoms. The van der Waals surface area contributed by atoms with Crippen LogP contribution in [0.15, 0.2) is 0 Å². The maximum Gasteiger partial charge on any atom is 0.192 e. The van der Waals surface area contributed by atoms with Crippen LogP contribution in [0.1, 0.15) is 53.9 Å². The number of aliphatic hydroxyl groups excluding tert-OH is 1. The molecule has 3 rings (SSSR count). The molecular weight excluding hydrogens is 384 g/mol. The predicted octanol–water partition coefficient (Wildman–Crippen LogP) is 4.62. The molecule has 3 aliphatic rings. The van der Waals surface area contributed by atoms with Crippen molar-refractivity contribution in [2.45, 2.75) is 106 Å². The van der Waals surface area contributed by atoms with Crippen LogP contribution >= 0.6 is 23.5 Å². The van der Waals surface area contributed by atoms with Gasteiger partial charge in [0.1, 0.15) is 12.2 Å². The van der Waals surface area contributed by atoms with Gasteiger partial charge < -0.3 is 19.0 Å². The number of hydrogen-bond acceptors (Lipinski definition) is 6. The topological polar surface area (TPSA) is 47.9 Å². The Kier molecular flexibility index (Phi) is 5.96. The fourth-order valence-electron chi connectivity index (χ4n) is 3.86. The first kappa shape index (κ1) is 21.5. The van der Waals surface area contributed by atoms with Crippen LogP contribution in [0.4, 0.5) is 0 Å². The first-order valence-corrected chi connectivity index (χ1v) is 14.7. The van der Waals surface area contributed by atoms with Gasteiger partial charge in [-0.15, -0.1) is 23.5 Å². The summed E-state index contributed by atoms with van der Waals surface area (Å²) in [6.07, 6.45) is 1.88. The minimum absolute atomic E-state index is 0.0197. The van der Waals surface area contributed by atoms with Crippen molar-refractivity contribution in [3.05, 3.63) is 0 Å². The predicted molar refractivity (Wildman–Crippen MR) is 113 cm³/mol. The van der Waals surface area contributed by atoms with Crippen molar-refractivity contribution < 1.29 is 19.0 Å². The molecule has 0 radical (unpaired) electrons. The third-order valence-electron chi connectivity index (χ3n) is 6.21. The normalized spacial score (nSPS) is 37.4. The minimum Gasteiger partial charge on any atom is -0.411 e. The molecule has 4 nitrogen and oxygen atoms in total. The largest absolute Gasteiger partial charge is 0.411 e. The van der Waals surface area contributed by atoms with Gasteiger partial charge in [0.25, 0.3) is 0 Å². The molecule has 2 heterocycles. The molecule has 0 aromatic rings. The summed E-state index contributed by atoms with van der Waals surface area (Å²) in [4.78, 5) is 0. The molecule has 0 aromatic heterocycles. The monoisotopic (exact) mass is 420 g/mol. The van der Waals surface area contributed by atoms with Crippen molar-refractivity contribution in [1.29, 1.82) is 0 Å². The molecule has 7 heteroatoms. The molecule has 2 saturated heterocycles. The Morgan fingerprint density at radius 2 is 1.62 bits per heavy atom. The van der Waals surface area contributed by atoms with E-state index in [1.807, 2.05) is 37.4 Å². The highest BCUT2D eigenvalue weighted by atomic mass is 32.2. The molecule has 1 aliphatic carbocycles. The lowest BCUT2D eigenvalue weighted by atomic mass is 10.1. The van der Waals surface area contributed by atoms with Crippen LogP contribution in [0, 0.1) is 0 Å². The van der Waals surface area contributed by atoms with Gasteiger partial charge in [0.2, 0.25) is 0 Å². The van der Waals surface area contributed by atoms with E-state index in [4.69, 9.17) is 13.9 Å². The zero-order chi connectivity index (χ0) is 19.4. The molecule has 3 fully saturated rings. The Balaban J connectivity index is 1.91. The average molecular weight is 421 g/mol. The Bertz CT molecular complexity index is 514. The second-order valence-corrected chi connectivity index (χ2v) is 17.9. The summed E-state index contributed by atoms with van der Waals surface area (Å²) in [5.41, 5.74) is 0. The second-order valence-electron chi connectivity index (χ2n) is 9.92. The molecule has 2 aliphatic heterocycles. The average Bonchev–Trinajstić information content (AvgIpc) is 2.78. The molecule has 0 unspecified atom stereocenters. The third-order valence-corrected chi connectivity index (χ3v) is 14.1. The Morgan fingerprint density at radius 1 is 1.04 bits per heavy atom. The van der Waals surface area contributed by atoms with Crippen LogP contribution in [0.3, 0.4) is 0 Å². The Hall–Kier alpha value is 0.757. The molecule has 4 atom stereocenters. The number of rotatable bonds is 2. The van der Waals surface area contributed by atoms with Gasteiger partial charge >= 0.3 is 0 Å². The van der Waals surface area contributed by atoms with Crippen LogP contribution < -0.4 is 0 Å². The first-order valence-electron chi connectivity index (χ1n) is 9.84. The second kappa shape index (κ2) is 7.22. The Labute approximate surface area is 168 Å². The van der Waals surface area contributed by atoms with E-state index in [9.17, 15) is 5.11 Å². The molecular formula is C19H36O4S2Si. The van der Waals surface area contributed by atoms with Crippen molar-refractivity contribution in [2.75, 3.05) is 11.5 Å². The van der Waals surface area contributed by atoms with Crippen LogP contribution in [-0.2, 0) is 13.9 Å². The molecule has 0 bridgehead atoms. The van der Waals surface area contributed by atoms with Gasteiger partial charge in [-0.3, -0.25) is 0 Å². The van der Waals surface area contributed by atoms with Gasteiger partial charge in [-0.1, -0.05) is 20.8 Å². The summed E-state index contributed by atoms with van der Waals surface area (Å²) in [6, 6.07) is 0. The number of thioether (sulfide) groups is 2. The van der Waals surface area contributed by atoms with Gasteiger partial charge in [-0.25, -0.2) is 0 Å². The van der Waals surface area contributed by atoms with E-state index in [1.54, 1.807) is 0 Å². The van der Waals surface area contributed by atoms with Crippen molar-refractivity contribution in [3.63, 3.8) is 0 Å². The number of fused-ring (bicyclic) bond motifs is 1. The van der Waals surface area contributed by atoms with E-state index in [0.29, 0.717) is 0 Å². The van der Waals surface area contributed by atoms with E-state index in [-0.39, 0.29) is 27.4 Å². The molecule has 26 heavy (non-hydrogen) atoms. The van der Waals surface area contributed by atoms with Crippen LogP contribution in [0.2, 0.25) is 18.1 Å². The quantitative estimate of drug-likeness (QED) is 0.658. The minimum atomic E-state index is -1.96. The van der Waals surface area contributed by atoms with Crippen LogP contribution in [0.5, 0.6) is 0 Å². The van der Waals surface area contributed by atoms with E-state index in [0.717, 1.165) is 24.3 Å². The van der Waals surface area contributed by atoms with Gasteiger partial charge in [0.15, 0.2) is 14.1 Å². The number of hydrogen-bond donors (Lipinski definition) is 1. The molecule has 0 amide bonds. The van der Waals surface area contributed by atoms with Crippen molar-refractivity contribution in [3.8, 4) is 0 Å². The number of ether oxygens (including phenoxy) is 2. The van der Waals surface area contributed by atoms with E-state index >= 15 is 0 Å². The molecule has 1 N–H and O–H groups in total. The first-order chi connectivity index (χ1) is 11.8. The third kappa shape index (κ3) is 4.34. The summed E-state index contributed by atoms with van der Waals surface area (Å²) in [7, 11) is -1.96. The lowest BCUT2D eigenvalue weighted by molar-refractivity contribution is -0.162. The summed E-state index contributed by atoms with van der Waals surface area (Å²) < 4.78 is 19.4. The van der Waals surface area contributed by atoms with Gasteiger partial charge in [0, 0.05) is 0 Å². The zero-order valence-electron chi connectivity index (χ0n) is 17.3.